The molecule has 0 radical (unpaired) electrons. The number of carbonyl (C=O) groups excluding carboxylic acids is 4. The summed E-state index contributed by atoms with van der Waals surface area (Å²) in [5.74, 6) is -10.8. The summed E-state index contributed by atoms with van der Waals surface area (Å²) in [6, 6.07) is -9.29. The van der Waals surface area contributed by atoms with Crippen LogP contribution >= 0.6 is 12.6 Å². The maximum absolute atomic E-state index is 12.3. The Bertz CT molecular complexity index is 1060. The molecule has 0 spiro atoms. The first-order valence-electron chi connectivity index (χ1n) is 11.9. The molecule has 0 heterocycles. The van der Waals surface area contributed by atoms with Gasteiger partial charge in [-0.2, -0.15) is 12.6 Å². The number of urea groups is 1. The number of carboxylic acid groups (broad SMARTS) is 5. The molecule has 0 aliphatic carbocycles. The van der Waals surface area contributed by atoms with Crippen molar-refractivity contribution in [2.24, 2.45) is 5.73 Å². The SMILES string of the molecule is N[C@@H](CNC(=O)CCC(NC(=O)N[C@@H](CCC(=O)O)C(=O)O)C(=O)O)C(=O)N[C@@H](CC(=O)O)C(=O)N[C@@H](CS)C(=O)O. The number of carbonyl (C=O) groups is 9. The lowest BCUT2D eigenvalue weighted by Crippen LogP contribution is -2.57. The zero-order valence-corrected chi connectivity index (χ0v) is 22.7. The van der Waals surface area contributed by atoms with Gasteiger partial charge in [-0.15, -0.1) is 0 Å². The van der Waals surface area contributed by atoms with Crippen molar-refractivity contribution in [1.29, 1.82) is 0 Å². The van der Waals surface area contributed by atoms with Crippen molar-refractivity contribution in [3.05, 3.63) is 0 Å². The van der Waals surface area contributed by atoms with Crippen LogP contribution in [0.2, 0.25) is 0 Å². The molecule has 12 N–H and O–H groups in total. The van der Waals surface area contributed by atoms with Gasteiger partial charge in [-0.05, 0) is 12.8 Å². The van der Waals surface area contributed by atoms with E-state index in [2.05, 4.69) is 17.9 Å². The van der Waals surface area contributed by atoms with Crippen LogP contribution in [0.3, 0.4) is 0 Å². The Hall–Kier alpha value is -4.66. The second-order valence-corrected chi connectivity index (χ2v) is 8.89. The number of hydrogen-bond donors (Lipinski definition) is 12. The first-order chi connectivity index (χ1) is 19.5. The number of hydrogen-bond acceptors (Lipinski definition) is 11. The fourth-order valence-corrected chi connectivity index (χ4v) is 3.19. The number of carboxylic acids is 5. The van der Waals surface area contributed by atoms with Crippen LogP contribution in [0.25, 0.3) is 0 Å². The highest BCUT2D eigenvalue weighted by atomic mass is 32.1. The van der Waals surface area contributed by atoms with Crippen molar-refractivity contribution in [3.8, 4) is 0 Å². The molecule has 0 aliphatic heterocycles. The van der Waals surface area contributed by atoms with E-state index in [1.54, 1.807) is 0 Å². The van der Waals surface area contributed by atoms with Crippen molar-refractivity contribution in [3.63, 3.8) is 0 Å². The van der Waals surface area contributed by atoms with Gasteiger partial charge in [0.05, 0.1) is 6.42 Å². The predicted octanol–water partition coefficient (Wildman–Crippen LogP) is -4.26. The van der Waals surface area contributed by atoms with Gasteiger partial charge in [0.15, 0.2) is 0 Å². The van der Waals surface area contributed by atoms with Crippen LogP contribution in [-0.2, 0) is 38.4 Å². The molecule has 236 valence electrons. The fraction of sp³-hybridized carbons (Fsp3) is 0.571. The number of aliphatic carboxylic acids is 5. The molecule has 0 fully saturated rings. The highest BCUT2D eigenvalue weighted by Crippen LogP contribution is 2.02. The summed E-state index contributed by atoms with van der Waals surface area (Å²) in [6.07, 6.45) is -3.03. The molecular weight excluding hydrogens is 592 g/mol. The van der Waals surface area contributed by atoms with Crippen LogP contribution in [0, 0.1) is 0 Å². The summed E-state index contributed by atoms with van der Waals surface area (Å²) in [5, 5.41) is 55.1. The number of nitrogens with one attached hydrogen (secondary N) is 5. The number of thiol groups is 1. The first-order valence-corrected chi connectivity index (χ1v) is 12.5. The zero-order valence-electron chi connectivity index (χ0n) is 21.8. The molecule has 0 rings (SSSR count). The van der Waals surface area contributed by atoms with E-state index in [0.29, 0.717) is 0 Å². The van der Waals surface area contributed by atoms with Crippen LogP contribution in [0.1, 0.15) is 32.1 Å². The minimum Gasteiger partial charge on any atom is -0.481 e. The van der Waals surface area contributed by atoms with Crippen molar-refractivity contribution < 1.29 is 68.7 Å². The number of rotatable bonds is 20. The van der Waals surface area contributed by atoms with E-state index in [1.165, 1.54) is 0 Å². The lowest BCUT2D eigenvalue weighted by atomic mass is 10.1. The lowest BCUT2D eigenvalue weighted by molar-refractivity contribution is -0.143. The molecule has 1 unspecified atom stereocenters. The van der Waals surface area contributed by atoms with Gasteiger partial charge in [0, 0.05) is 25.1 Å². The van der Waals surface area contributed by atoms with E-state index in [-0.39, 0.29) is 5.75 Å². The maximum Gasteiger partial charge on any atom is 0.327 e. The van der Waals surface area contributed by atoms with Crippen LogP contribution in [-0.4, -0.2) is 122 Å². The van der Waals surface area contributed by atoms with E-state index in [1.807, 2.05) is 21.3 Å². The quantitative estimate of drug-likeness (QED) is 0.0570. The van der Waals surface area contributed by atoms with Crippen LogP contribution in [0.15, 0.2) is 0 Å². The molecular formula is C21H32N6O14S. The van der Waals surface area contributed by atoms with Crippen molar-refractivity contribution in [2.75, 3.05) is 12.3 Å². The Morgan fingerprint density at radius 3 is 1.52 bits per heavy atom. The Morgan fingerprint density at radius 1 is 0.619 bits per heavy atom. The molecule has 0 aromatic carbocycles. The molecule has 0 bridgehead atoms. The van der Waals surface area contributed by atoms with E-state index in [9.17, 15) is 48.3 Å². The Kier molecular flexibility index (Phi) is 16.6. The zero-order chi connectivity index (χ0) is 32.6. The largest absolute Gasteiger partial charge is 0.481 e. The summed E-state index contributed by atoms with van der Waals surface area (Å²) >= 11 is 3.75. The van der Waals surface area contributed by atoms with E-state index in [0.717, 1.165) is 0 Å². The van der Waals surface area contributed by atoms with Crippen molar-refractivity contribution in [2.45, 2.75) is 62.3 Å². The minimum absolute atomic E-state index is 0.334. The highest BCUT2D eigenvalue weighted by molar-refractivity contribution is 7.80. The van der Waals surface area contributed by atoms with Gasteiger partial charge in [0.1, 0.15) is 30.2 Å². The molecule has 5 amide bonds. The third kappa shape index (κ3) is 15.2. The summed E-state index contributed by atoms with van der Waals surface area (Å²) < 4.78 is 0. The number of nitrogens with two attached hydrogens (primary N) is 1. The molecule has 5 atom stereocenters. The average molecular weight is 625 g/mol. The molecule has 0 aromatic heterocycles. The average Bonchev–Trinajstić information content (AvgIpc) is 2.88. The Labute approximate surface area is 242 Å². The molecule has 0 aromatic rings. The molecule has 20 nitrogen and oxygen atoms in total. The van der Waals surface area contributed by atoms with Gasteiger partial charge in [-0.3, -0.25) is 24.0 Å². The fourth-order valence-electron chi connectivity index (χ4n) is 2.94. The van der Waals surface area contributed by atoms with E-state index >= 15 is 0 Å². The van der Waals surface area contributed by atoms with Gasteiger partial charge >= 0.3 is 35.9 Å². The van der Waals surface area contributed by atoms with Gasteiger partial charge in [0.2, 0.25) is 17.7 Å². The molecule has 21 heteroatoms. The Balaban J connectivity index is 4.95. The maximum atomic E-state index is 12.3. The lowest BCUT2D eigenvalue weighted by Gasteiger charge is -2.21. The van der Waals surface area contributed by atoms with Crippen molar-refractivity contribution >= 4 is 66.2 Å². The highest BCUT2D eigenvalue weighted by Gasteiger charge is 2.30. The van der Waals surface area contributed by atoms with Crippen LogP contribution in [0.5, 0.6) is 0 Å². The molecule has 0 aliphatic rings. The smallest absolute Gasteiger partial charge is 0.327 e. The predicted molar refractivity (Wildman–Crippen MR) is 139 cm³/mol. The second-order valence-electron chi connectivity index (χ2n) is 8.52. The van der Waals surface area contributed by atoms with E-state index < -0.39 is 122 Å². The second kappa shape index (κ2) is 18.6. The van der Waals surface area contributed by atoms with Gasteiger partial charge < -0.3 is 57.9 Å². The van der Waals surface area contributed by atoms with Gasteiger partial charge in [-0.25, -0.2) is 19.2 Å². The summed E-state index contributed by atoms with van der Waals surface area (Å²) in [7, 11) is 0. The van der Waals surface area contributed by atoms with E-state index in [4.69, 9.17) is 26.2 Å². The monoisotopic (exact) mass is 624 g/mol. The van der Waals surface area contributed by atoms with Gasteiger partial charge in [0.25, 0.3) is 0 Å². The molecule has 0 saturated carbocycles. The van der Waals surface area contributed by atoms with Gasteiger partial charge in [-0.1, -0.05) is 0 Å². The van der Waals surface area contributed by atoms with Crippen LogP contribution < -0.4 is 32.3 Å². The minimum atomic E-state index is -1.73. The molecule has 42 heavy (non-hydrogen) atoms. The normalized spacial score (nSPS) is 14.0. The summed E-state index contributed by atoms with van der Waals surface area (Å²) in [4.78, 5) is 104. The molecule has 0 saturated heterocycles. The van der Waals surface area contributed by atoms with Crippen molar-refractivity contribution in [1.82, 2.24) is 26.6 Å². The summed E-state index contributed by atoms with van der Waals surface area (Å²) in [6.45, 7) is -0.560. The number of amides is 5. The standard InChI is InChI=1S/C21H32N6O14S/c22-8(16(33)24-11(5-15(31)32)17(34)25-12(7-42)20(39)40)6-23-13(28)3-1-9(18(35)36)26-21(41)27-10(19(37)38)2-4-14(29)30/h8-12,42H,1-7,22H2,(H,23,28)(H,24,33)(H,25,34)(H,29,30)(H,31,32)(H,35,36)(H,37,38)(H,39,40)(H2,26,27,41)/t8-,9?,10-,11-,12-/m0/s1. The Morgan fingerprint density at radius 2 is 1.10 bits per heavy atom. The van der Waals surface area contributed by atoms with Crippen LogP contribution in [0.4, 0.5) is 4.79 Å². The topological polar surface area (TPSA) is 341 Å². The summed E-state index contributed by atoms with van der Waals surface area (Å²) in [5.41, 5.74) is 5.65. The third-order valence-electron chi connectivity index (χ3n) is 5.18. The third-order valence-corrected chi connectivity index (χ3v) is 5.54. The first kappa shape index (κ1) is 37.3.